The second-order valence-corrected chi connectivity index (χ2v) is 7.69. The number of piperidine rings is 1. The number of rotatable bonds is 8. The number of phenols is 1. The third-order valence-corrected chi connectivity index (χ3v) is 5.41. The standard InChI is InChI=1S/C22H34N4O4/c1-2-23-22(25-12-11-24-21(28)17-5-7-18(27)8-6-17)26-13-9-19(10-14-26)30-16-20-4-3-15-29-20/h5-8,19-20,27H,2-4,9-16H2,1H3,(H,23,25)(H,24,28). The molecule has 2 saturated heterocycles. The molecule has 30 heavy (non-hydrogen) atoms. The molecule has 3 rings (SSSR count). The Hall–Kier alpha value is -2.32. The van der Waals surface area contributed by atoms with E-state index in [-0.39, 0.29) is 23.9 Å². The van der Waals surface area contributed by atoms with Gasteiger partial charge in [0, 0.05) is 38.3 Å². The molecule has 0 aliphatic carbocycles. The van der Waals surface area contributed by atoms with Crippen LogP contribution in [0.15, 0.2) is 29.3 Å². The molecule has 3 N–H and O–H groups in total. The van der Waals surface area contributed by atoms with Gasteiger partial charge in [0.25, 0.3) is 5.91 Å². The zero-order valence-electron chi connectivity index (χ0n) is 17.8. The zero-order chi connectivity index (χ0) is 21.2. The molecule has 166 valence electrons. The van der Waals surface area contributed by atoms with Crippen molar-refractivity contribution in [3.8, 4) is 5.75 Å². The fourth-order valence-electron chi connectivity index (χ4n) is 3.73. The number of guanidine groups is 1. The minimum Gasteiger partial charge on any atom is -0.508 e. The van der Waals surface area contributed by atoms with E-state index in [2.05, 4.69) is 27.4 Å². The average Bonchev–Trinajstić information content (AvgIpc) is 3.29. The molecule has 0 radical (unpaired) electrons. The first-order valence-electron chi connectivity index (χ1n) is 11.0. The maximum Gasteiger partial charge on any atom is 0.251 e. The first kappa shape index (κ1) is 22.4. The van der Waals surface area contributed by atoms with Crippen LogP contribution >= 0.6 is 0 Å². The molecule has 8 nitrogen and oxygen atoms in total. The van der Waals surface area contributed by atoms with Crippen LogP contribution in [0.3, 0.4) is 0 Å². The molecule has 1 unspecified atom stereocenters. The van der Waals surface area contributed by atoms with Gasteiger partial charge in [-0.1, -0.05) is 0 Å². The Labute approximate surface area is 178 Å². The number of aromatic hydroxyl groups is 1. The van der Waals surface area contributed by atoms with E-state index in [9.17, 15) is 9.90 Å². The maximum atomic E-state index is 12.1. The van der Waals surface area contributed by atoms with E-state index in [1.54, 1.807) is 12.1 Å². The van der Waals surface area contributed by atoms with Crippen molar-refractivity contribution in [3.05, 3.63) is 29.8 Å². The molecule has 2 aliphatic heterocycles. The summed E-state index contributed by atoms with van der Waals surface area (Å²) in [6, 6.07) is 6.21. The van der Waals surface area contributed by atoms with Gasteiger partial charge in [0.05, 0.1) is 25.4 Å². The SMILES string of the molecule is CCNC(=NCCNC(=O)c1ccc(O)cc1)N1CCC(OCC2CCCO2)CC1. The van der Waals surface area contributed by atoms with Crippen LogP contribution in [-0.2, 0) is 9.47 Å². The summed E-state index contributed by atoms with van der Waals surface area (Å²) in [4.78, 5) is 19.1. The summed E-state index contributed by atoms with van der Waals surface area (Å²) in [7, 11) is 0. The zero-order valence-corrected chi connectivity index (χ0v) is 17.8. The predicted molar refractivity (Wildman–Crippen MR) is 116 cm³/mol. The van der Waals surface area contributed by atoms with Crippen LogP contribution in [0.1, 0.15) is 43.0 Å². The number of phenolic OH excluding ortho intramolecular Hbond substituents is 1. The fourth-order valence-corrected chi connectivity index (χ4v) is 3.73. The van der Waals surface area contributed by atoms with Crippen LogP contribution in [-0.4, -0.2) is 80.0 Å². The maximum absolute atomic E-state index is 12.1. The van der Waals surface area contributed by atoms with E-state index >= 15 is 0 Å². The van der Waals surface area contributed by atoms with E-state index in [0.717, 1.165) is 57.9 Å². The number of likely N-dealkylation sites (tertiary alicyclic amines) is 1. The second-order valence-electron chi connectivity index (χ2n) is 7.69. The first-order chi connectivity index (χ1) is 14.7. The molecule has 0 aromatic heterocycles. The Bertz CT molecular complexity index is 681. The van der Waals surface area contributed by atoms with Crippen molar-refractivity contribution in [3.63, 3.8) is 0 Å². The van der Waals surface area contributed by atoms with Gasteiger partial charge in [-0.05, 0) is 56.9 Å². The molecule has 8 heteroatoms. The lowest BCUT2D eigenvalue weighted by Gasteiger charge is -2.34. The molecule has 0 saturated carbocycles. The number of carbonyl (C=O) groups is 1. The summed E-state index contributed by atoms with van der Waals surface area (Å²) < 4.78 is 11.7. The third kappa shape index (κ3) is 6.88. The highest BCUT2D eigenvalue weighted by Crippen LogP contribution is 2.18. The average molecular weight is 419 g/mol. The second kappa shape index (κ2) is 11.8. The van der Waals surface area contributed by atoms with Gasteiger partial charge < -0.3 is 30.1 Å². The highest BCUT2D eigenvalue weighted by molar-refractivity contribution is 5.94. The lowest BCUT2D eigenvalue weighted by molar-refractivity contribution is -0.0367. The highest BCUT2D eigenvalue weighted by atomic mass is 16.5. The van der Waals surface area contributed by atoms with Crippen LogP contribution in [0.5, 0.6) is 5.75 Å². The van der Waals surface area contributed by atoms with Crippen LogP contribution < -0.4 is 10.6 Å². The summed E-state index contributed by atoms with van der Waals surface area (Å²) in [6.45, 7) is 7.19. The Morgan fingerprint density at radius 2 is 2.00 bits per heavy atom. The highest BCUT2D eigenvalue weighted by Gasteiger charge is 2.24. The van der Waals surface area contributed by atoms with Crippen LogP contribution in [0.2, 0.25) is 0 Å². The van der Waals surface area contributed by atoms with E-state index in [1.165, 1.54) is 12.1 Å². The molecule has 2 heterocycles. The Morgan fingerprint density at radius 1 is 1.23 bits per heavy atom. The van der Waals surface area contributed by atoms with Gasteiger partial charge in [-0.3, -0.25) is 9.79 Å². The number of hydrogen-bond acceptors (Lipinski definition) is 5. The fraction of sp³-hybridized carbons (Fsp3) is 0.636. The van der Waals surface area contributed by atoms with Crippen molar-refractivity contribution in [1.82, 2.24) is 15.5 Å². The molecule has 1 aromatic rings. The number of nitrogens with zero attached hydrogens (tertiary/aromatic N) is 2. The minimum atomic E-state index is -0.167. The Kier molecular flexibility index (Phi) is 8.77. The van der Waals surface area contributed by atoms with Crippen molar-refractivity contribution < 1.29 is 19.4 Å². The van der Waals surface area contributed by atoms with Crippen molar-refractivity contribution >= 4 is 11.9 Å². The van der Waals surface area contributed by atoms with Gasteiger partial charge in [0.2, 0.25) is 0 Å². The van der Waals surface area contributed by atoms with Crippen LogP contribution in [0, 0.1) is 0 Å². The number of amides is 1. The van der Waals surface area contributed by atoms with Gasteiger partial charge in [-0.15, -0.1) is 0 Å². The van der Waals surface area contributed by atoms with Gasteiger partial charge in [0.1, 0.15) is 5.75 Å². The number of benzene rings is 1. The van der Waals surface area contributed by atoms with Gasteiger partial charge in [-0.2, -0.15) is 0 Å². The van der Waals surface area contributed by atoms with Gasteiger partial charge >= 0.3 is 0 Å². The van der Waals surface area contributed by atoms with E-state index in [1.807, 2.05) is 0 Å². The van der Waals surface area contributed by atoms with Crippen LogP contribution in [0.25, 0.3) is 0 Å². The van der Waals surface area contributed by atoms with Crippen molar-refractivity contribution in [1.29, 1.82) is 0 Å². The minimum absolute atomic E-state index is 0.146. The van der Waals surface area contributed by atoms with Gasteiger partial charge in [-0.25, -0.2) is 0 Å². The summed E-state index contributed by atoms with van der Waals surface area (Å²) in [5.74, 6) is 0.862. The first-order valence-corrected chi connectivity index (χ1v) is 11.0. The summed E-state index contributed by atoms with van der Waals surface area (Å²) in [5.41, 5.74) is 0.522. The van der Waals surface area contributed by atoms with Crippen LogP contribution in [0.4, 0.5) is 0 Å². The number of hydrogen-bond donors (Lipinski definition) is 3. The number of nitrogens with one attached hydrogen (secondary N) is 2. The van der Waals surface area contributed by atoms with Crippen molar-refractivity contribution in [2.24, 2.45) is 4.99 Å². The monoisotopic (exact) mass is 418 g/mol. The smallest absolute Gasteiger partial charge is 0.251 e. The number of ether oxygens (including phenoxy) is 2. The third-order valence-electron chi connectivity index (χ3n) is 5.41. The Morgan fingerprint density at radius 3 is 2.67 bits per heavy atom. The molecule has 1 amide bonds. The van der Waals surface area contributed by atoms with Crippen molar-refractivity contribution in [2.75, 3.05) is 45.9 Å². The molecular weight excluding hydrogens is 384 g/mol. The number of aliphatic imine (C=N–C) groups is 1. The lowest BCUT2D eigenvalue weighted by Crippen LogP contribution is -2.47. The Balaban J connectivity index is 1.39. The lowest BCUT2D eigenvalue weighted by atomic mass is 10.1. The van der Waals surface area contributed by atoms with E-state index < -0.39 is 0 Å². The van der Waals surface area contributed by atoms with E-state index in [4.69, 9.17) is 9.47 Å². The molecule has 2 fully saturated rings. The molecule has 1 aromatic carbocycles. The normalized spacial score (nSPS) is 20.4. The summed E-state index contributed by atoms with van der Waals surface area (Å²) in [5, 5.41) is 15.5. The van der Waals surface area contributed by atoms with E-state index in [0.29, 0.717) is 25.3 Å². The summed E-state index contributed by atoms with van der Waals surface area (Å²) in [6.07, 6.45) is 4.78. The molecular formula is C22H34N4O4. The molecule has 0 bridgehead atoms. The number of carbonyl (C=O) groups excluding carboxylic acids is 1. The predicted octanol–water partition coefficient (Wildman–Crippen LogP) is 1.75. The van der Waals surface area contributed by atoms with Crippen molar-refractivity contribution in [2.45, 2.75) is 44.8 Å². The topological polar surface area (TPSA) is 95.4 Å². The quantitative estimate of drug-likeness (QED) is 0.338. The largest absolute Gasteiger partial charge is 0.508 e. The molecule has 1 atom stereocenters. The molecule has 0 spiro atoms. The summed E-state index contributed by atoms with van der Waals surface area (Å²) >= 11 is 0. The van der Waals surface area contributed by atoms with Gasteiger partial charge in [0.15, 0.2) is 5.96 Å². The molecule has 2 aliphatic rings.